The monoisotopic (exact) mass is 305 g/mol. The zero-order valence-electron chi connectivity index (χ0n) is 13.4. The van der Waals surface area contributed by atoms with Crippen LogP contribution in [0.1, 0.15) is 52.9 Å². The van der Waals surface area contributed by atoms with Crippen molar-refractivity contribution in [2.24, 2.45) is 5.41 Å². The predicted molar refractivity (Wildman–Crippen MR) is 83.9 cm³/mol. The van der Waals surface area contributed by atoms with Crippen molar-refractivity contribution in [1.82, 2.24) is 14.3 Å². The zero-order chi connectivity index (χ0) is 15.2. The van der Waals surface area contributed by atoms with Crippen molar-refractivity contribution >= 4 is 10.2 Å². The summed E-state index contributed by atoms with van der Waals surface area (Å²) in [6.45, 7) is 8.81. The third kappa shape index (κ3) is 6.08. The zero-order valence-corrected chi connectivity index (χ0v) is 14.2. The number of hydrogen-bond donors (Lipinski definition) is 2. The minimum absolute atomic E-state index is 0.0833. The van der Waals surface area contributed by atoms with E-state index in [1.165, 1.54) is 10.7 Å². The summed E-state index contributed by atoms with van der Waals surface area (Å²) in [6, 6.07) is 0.0833. The van der Waals surface area contributed by atoms with Crippen LogP contribution in [-0.4, -0.2) is 45.4 Å². The Bertz CT molecular complexity index is 382. The van der Waals surface area contributed by atoms with Crippen LogP contribution in [-0.2, 0) is 10.2 Å². The van der Waals surface area contributed by atoms with Gasteiger partial charge in [0.1, 0.15) is 0 Å². The van der Waals surface area contributed by atoms with Gasteiger partial charge in [-0.05, 0) is 44.2 Å². The third-order valence-corrected chi connectivity index (χ3v) is 5.64. The minimum Gasteiger partial charge on any atom is -0.317 e. The van der Waals surface area contributed by atoms with Crippen molar-refractivity contribution in [3.05, 3.63) is 0 Å². The van der Waals surface area contributed by atoms with E-state index in [0.29, 0.717) is 6.54 Å². The van der Waals surface area contributed by atoms with Crippen molar-refractivity contribution in [1.29, 1.82) is 0 Å². The highest BCUT2D eigenvalue weighted by molar-refractivity contribution is 7.87. The van der Waals surface area contributed by atoms with Crippen molar-refractivity contribution in [3.63, 3.8) is 0 Å². The first-order valence-corrected chi connectivity index (χ1v) is 9.15. The molecule has 0 aromatic heterocycles. The van der Waals surface area contributed by atoms with Crippen molar-refractivity contribution in [2.75, 3.05) is 26.7 Å². The fourth-order valence-corrected chi connectivity index (χ4v) is 3.99. The van der Waals surface area contributed by atoms with Gasteiger partial charge in [0.2, 0.25) is 0 Å². The van der Waals surface area contributed by atoms with Crippen LogP contribution in [0.5, 0.6) is 0 Å². The summed E-state index contributed by atoms with van der Waals surface area (Å²) in [5.74, 6) is 0. The van der Waals surface area contributed by atoms with Gasteiger partial charge >= 0.3 is 0 Å². The maximum absolute atomic E-state index is 12.3. The smallest absolute Gasteiger partial charge is 0.279 e. The SMILES string of the molecule is CCNCCCN(C)S(=O)(=O)NC1CCCC(C)(C)C1. The molecule has 0 bridgehead atoms. The molecule has 6 heteroatoms. The first-order chi connectivity index (χ1) is 9.27. The van der Waals surface area contributed by atoms with E-state index in [1.54, 1.807) is 7.05 Å². The predicted octanol–water partition coefficient (Wildman–Crippen LogP) is 1.72. The molecule has 0 amide bonds. The normalized spacial score (nSPS) is 23.1. The van der Waals surface area contributed by atoms with Crippen LogP contribution >= 0.6 is 0 Å². The molecule has 0 aromatic rings. The molecule has 5 nitrogen and oxygen atoms in total. The lowest BCUT2D eigenvalue weighted by atomic mass is 9.75. The van der Waals surface area contributed by atoms with Crippen LogP contribution in [0, 0.1) is 5.41 Å². The molecule has 1 aliphatic rings. The van der Waals surface area contributed by atoms with Gasteiger partial charge in [-0.3, -0.25) is 0 Å². The molecule has 0 aliphatic heterocycles. The molecule has 0 radical (unpaired) electrons. The quantitative estimate of drug-likeness (QED) is 0.671. The maximum atomic E-state index is 12.3. The minimum atomic E-state index is -3.34. The molecule has 1 rings (SSSR count). The van der Waals surface area contributed by atoms with Gasteiger partial charge in [0, 0.05) is 19.6 Å². The summed E-state index contributed by atoms with van der Waals surface area (Å²) in [6.07, 6.45) is 5.00. The van der Waals surface area contributed by atoms with Gasteiger partial charge in [-0.25, -0.2) is 0 Å². The lowest BCUT2D eigenvalue weighted by molar-refractivity contribution is 0.210. The van der Waals surface area contributed by atoms with E-state index in [4.69, 9.17) is 0 Å². The third-order valence-electron chi connectivity index (χ3n) is 4.01. The van der Waals surface area contributed by atoms with Gasteiger partial charge in [0.25, 0.3) is 10.2 Å². The van der Waals surface area contributed by atoms with Gasteiger partial charge in [-0.2, -0.15) is 17.4 Å². The van der Waals surface area contributed by atoms with E-state index in [-0.39, 0.29) is 11.5 Å². The van der Waals surface area contributed by atoms with E-state index in [1.807, 2.05) is 6.92 Å². The molecule has 2 N–H and O–H groups in total. The number of nitrogens with zero attached hydrogens (tertiary/aromatic N) is 1. The maximum Gasteiger partial charge on any atom is 0.279 e. The molecular weight excluding hydrogens is 274 g/mol. The Labute approximate surface area is 124 Å². The van der Waals surface area contributed by atoms with Crippen LogP contribution < -0.4 is 10.0 Å². The lowest BCUT2D eigenvalue weighted by Gasteiger charge is -2.36. The standard InChI is InChI=1S/C14H31N3O2S/c1-5-15-10-7-11-17(4)20(18,19)16-13-8-6-9-14(2,3)12-13/h13,15-16H,5-12H2,1-4H3. The number of hydrogen-bond acceptors (Lipinski definition) is 3. The van der Waals surface area contributed by atoms with Gasteiger partial charge in [0.15, 0.2) is 0 Å². The molecule has 0 saturated heterocycles. The van der Waals surface area contributed by atoms with Crippen LogP contribution in [0.25, 0.3) is 0 Å². The molecule has 0 aromatic carbocycles. The summed E-state index contributed by atoms with van der Waals surface area (Å²) < 4.78 is 28.8. The van der Waals surface area contributed by atoms with E-state index in [9.17, 15) is 8.42 Å². The average Bonchev–Trinajstić information content (AvgIpc) is 2.32. The Hall–Kier alpha value is -0.170. The van der Waals surface area contributed by atoms with E-state index in [2.05, 4.69) is 23.9 Å². The first-order valence-electron chi connectivity index (χ1n) is 7.71. The second-order valence-electron chi connectivity index (χ2n) is 6.61. The number of nitrogens with one attached hydrogen (secondary N) is 2. The molecule has 20 heavy (non-hydrogen) atoms. The largest absolute Gasteiger partial charge is 0.317 e. The Morgan fingerprint density at radius 1 is 1.35 bits per heavy atom. The molecule has 1 aliphatic carbocycles. The van der Waals surface area contributed by atoms with Crippen molar-refractivity contribution < 1.29 is 8.42 Å². The molecule has 1 saturated carbocycles. The molecule has 0 spiro atoms. The van der Waals surface area contributed by atoms with Crippen LogP contribution in [0.2, 0.25) is 0 Å². The fourth-order valence-electron chi connectivity index (χ4n) is 2.82. The van der Waals surface area contributed by atoms with E-state index in [0.717, 1.165) is 38.8 Å². The fraction of sp³-hybridized carbons (Fsp3) is 1.00. The molecular formula is C14H31N3O2S. The van der Waals surface area contributed by atoms with Gasteiger partial charge in [-0.1, -0.05) is 27.2 Å². The second-order valence-corrected chi connectivity index (χ2v) is 8.42. The van der Waals surface area contributed by atoms with Crippen LogP contribution in [0.15, 0.2) is 0 Å². The Balaban J connectivity index is 2.43. The van der Waals surface area contributed by atoms with Gasteiger partial charge in [0.05, 0.1) is 0 Å². The summed E-state index contributed by atoms with van der Waals surface area (Å²) in [5.41, 5.74) is 0.245. The highest BCUT2D eigenvalue weighted by atomic mass is 32.2. The lowest BCUT2D eigenvalue weighted by Crippen LogP contribution is -2.47. The van der Waals surface area contributed by atoms with Crippen molar-refractivity contribution in [3.8, 4) is 0 Å². The number of rotatable bonds is 8. The van der Waals surface area contributed by atoms with Crippen LogP contribution in [0.3, 0.4) is 0 Å². The first kappa shape index (κ1) is 17.9. The Kier molecular flexibility index (Phi) is 6.91. The Morgan fingerprint density at radius 3 is 2.65 bits per heavy atom. The summed E-state index contributed by atoms with van der Waals surface area (Å²) >= 11 is 0. The molecule has 1 fully saturated rings. The highest BCUT2D eigenvalue weighted by Gasteiger charge is 2.31. The van der Waals surface area contributed by atoms with Gasteiger partial charge in [-0.15, -0.1) is 0 Å². The van der Waals surface area contributed by atoms with Gasteiger partial charge < -0.3 is 5.32 Å². The Morgan fingerprint density at radius 2 is 2.05 bits per heavy atom. The molecule has 1 atom stereocenters. The molecule has 120 valence electrons. The summed E-state index contributed by atoms with van der Waals surface area (Å²) in [7, 11) is -1.69. The van der Waals surface area contributed by atoms with Crippen LogP contribution in [0.4, 0.5) is 0 Å². The average molecular weight is 305 g/mol. The van der Waals surface area contributed by atoms with Crippen molar-refractivity contribution in [2.45, 2.75) is 58.9 Å². The van der Waals surface area contributed by atoms with E-state index < -0.39 is 10.2 Å². The second kappa shape index (κ2) is 7.73. The summed E-state index contributed by atoms with van der Waals surface area (Å²) in [5, 5.41) is 3.21. The molecule has 1 unspecified atom stereocenters. The summed E-state index contributed by atoms with van der Waals surface area (Å²) in [4.78, 5) is 0. The highest BCUT2D eigenvalue weighted by Crippen LogP contribution is 2.35. The van der Waals surface area contributed by atoms with E-state index >= 15 is 0 Å². The molecule has 0 heterocycles. The topological polar surface area (TPSA) is 61.4 Å².